The molecule has 1 aliphatic rings. The van der Waals surface area contributed by atoms with Gasteiger partial charge in [0.05, 0.1) is 0 Å². The minimum Gasteiger partial charge on any atom is -0.507 e. The molecule has 2 aromatic rings. The van der Waals surface area contributed by atoms with E-state index >= 15 is 0 Å². The summed E-state index contributed by atoms with van der Waals surface area (Å²) in [4.78, 5) is 12.6. The van der Waals surface area contributed by atoms with Gasteiger partial charge in [0.1, 0.15) is 17.1 Å². The van der Waals surface area contributed by atoms with Crippen LogP contribution < -0.4 is 5.63 Å². The van der Waals surface area contributed by atoms with Gasteiger partial charge in [-0.3, -0.25) is 0 Å². The summed E-state index contributed by atoms with van der Waals surface area (Å²) in [6.07, 6.45) is 5.63. The van der Waals surface area contributed by atoms with E-state index in [4.69, 9.17) is 4.42 Å². The van der Waals surface area contributed by atoms with Crippen LogP contribution >= 0.6 is 0 Å². The topological polar surface area (TPSA) is 50.4 Å². The number of aromatic hydroxyl groups is 1. The molecule has 122 valence electrons. The maximum atomic E-state index is 12.6. The Morgan fingerprint density at radius 3 is 2.13 bits per heavy atom. The fourth-order valence-corrected chi connectivity index (χ4v) is 3.89. The van der Waals surface area contributed by atoms with Crippen molar-refractivity contribution in [3.8, 4) is 16.9 Å². The van der Waals surface area contributed by atoms with E-state index in [1.165, 1.54) is 6.42 Å². The van der Waals surface area contributed by atoms with E-state index in [0.717, 1.165) is 47.9 Å². The van der Waals surface area contributed by atoms with Gasteiger partial charge in [-0.25, -0.2) is 4.79 Å². The molecule has 0 unspecified atom stereocenters. The number of hydrogen-bond acceptors (Lipinski definition) is 3. The van der Waals surface area contributed by atoms with Crippen LogP contribution in [-0.4, -0.2) is 5.11 Å². The number of benzene rings is 1. The highest BCUT2D eigenvalue weighted by atomic mass is 16.4. The summed E-state index contributed by atoms with van der Waals surface area (Å²) < 4.78 is 5.61. The van der Waals surface area contributed by atoms with Crippen molar-refractivity contribution in [2.24, 2.45) is 0 Å². The first-order valence-corrected chi connectivity index (χ1v) is 8.42. The molecule has 1 aliphatic carbocycles. The number of rotatable bonds is 2. The molecule has 3 heteroatoms. The minimum absolute atomic E-state index is 0.0388. The van der Waals surface area contributed by atoms with Crippen LogP contribution in [0.1, 0.15) is 60.5 Å². The van der Waals surface area contributed by atoms with Crippen LogP contribution in [0.2, 0.25) is 0 Å². The monoisotopic (exact) mass is 312 g/mol. The number of aryl methyl sites for hydroxylation is 3. The molecule has 1 heterocycles. The van der Waals surface area contributed by atoms with Crippen molar-refractivity contribution in [2.45, 2.75) is 58.8 Å². The van der Waals surface area contributed by atoms with Crippen molar-refractivity contribution in [1.82, 2.24) is 0 Å². The Kier molecular flexibility index (Phi) is 4.29. The van der Waals surface area contributed by atoms with E-state index in [0.29, 0.717) is 11.3 Å². The maximum Gasteiger partial charge on any atom is 0.347 e. The summed E-state index contributed by atoms with van der Waals surface area (Å²) in [5.74, 6) is 0.937. The lowest BCUT2D eigenvalue weighted by Gasteiger charge is -2.21. The third kappa shape index (κ3) is 3.05. The first-order chi connectivity index (χ1) is 11.0. The Morgan fingerprint density at radius 1 is 0.957 bits per heavy atom. The van der Waals surface area contributed by atoms with E-state index in [2.05, 4.69) is 0 Å². The summed E-state index contributed by atoms with van der Waals surface area (Å²) in [7, 11) is 0. The zero-order valence-electron chi connectivity index (χ0n) is 14.1. The van der Waals surface area contributed by atoms with Crippen LogP contribution in [0.25, 0.3) is 11.1 Å². The molecular weight excluding hydrogens is 288 g/mol. The zero-order chi connectivity index (χ0) is 16.6. The standard InChI is InChI=1S/C20H24O3/c1-12-9-13(2)18(14(3)10-12)19-16(21)11-17(23-20(19)22)15-7-5-4-6-8-15/h9-11,15,21H,4-8H2,1-3H3. The van der Waals surface area contributed by atoms with Crippen LogP contribution in [0.5, 0.6) is 5.75 Å². The van der Waals surface area contributed by atoms with Gasteiger partial charge < -0.3 is 9.52 Å². The Bertz CT molecular complexity index is 757. The average Bonchev–Trinajstić information content (AvgIpc) is 2.49. The highest BCUT2D eigenvalue weighted by molar-refractivity contribution is 5.75. The van der Waals surface area contributed by atoms with Gasteiger partial charge in [0.15, 0.2) is 0 Å². The van der Waals surface area contributed by atoms with E-state index in [9.17, 15) is 9.90 Å². The van der Waals surface area contributed by atoms with Gasteiger partial charge in [-0.1, -0.05) is 37.0 Å². The molecule has 0 aliphatic heterocycles. The molecule has 1 N–H and O–H groups in total. The van der Waals surface area contributed by atoms with Crippen molar-refractivity contribution < 1.29 is 9.52 Å². The molecule has 1 aromatic heterocycles. The lowest BCUT2D eigenvalue weighted by molar-refractivity contribution is 0.349. The molecule has 1 aromatic carbocycles. The number of hydrogen-bond donors (Lipinski definition) is 1. The Balaban J connectivity index is 2.10. The van der Waals surface area contributed by atoms with Crippen LogP contribution in [-0.2, 0) is 0 Å². The first-order valence-electron chi connectivity index (χ1n) is 8.42. The average molecular weight is 312 g/mol. The highest BCUT2D eigenvalue weighted by Gasteiger charge is 2.23. The van der Waals surface area contributed by atoms with E-state index in [-0.39, 0.29) is 11.7 Å². The van der Waals surface area contributed by atoms with Gasteiger partial charge in [-0.2, -0.15) is 0 Å². The normalized spacial score (nSPS) is 15.8. The lowest BCUT2D eigenvalue weighted by Crippen LogP contribution is -2.11. The Morgan fingerprint density at radius 2 is 1.57 bits per heavy atom. The van der Waals surface area contributed by atoms with Crippen molar-refractivity contribution in [1.29, 1.82) is 0 Å². The molecular formula is C20H24O3. The van der Waals surface area contributed by atoms with Crippen molar-refractivity contribution >= 4 is 0 Å². The molecule has 0 bridgehead atoms. The fraction of sp³-hybridized carbons (Fsp3) is 0.450. The molecule has 0 amide bonds. The van der Waals surface area contributed by atoms with Crippen LogP contribution in [0, 0.1) is 20.8 Å². The summed E-state index contributed by atoms with van der Waals surface area (Å²) >= 11 is 0. The van der Waals surface area contributed by atoms with Crippen LogP contribution in [0.3, 0.4) is 0 Å². The SMILES string of the molecule is Cc1cc(C)c(-c2c(O)cc(C3CCCCC3)oc2=O)c(C)c1. The molecule has 3 rings (SSSR count). The van der Waals surface area contributed by atoms with Crippen LogP contribution in [0.15, 0.2) is 27.4 Å². The highest BCUT2D eigenvalue weighted by Crippen LogP contribution is 2.37. The molecule has 0 atom stereocenters. The zero-order valence-corrected chi connectivity index (χ0v) is 14.1. The van der Waals surface area contributed by atoms with Crippen molar-refractivity contribution in [2.75, 3.05) is 0 Å². The third-order valence-electron chi connectivity index (χ3n) is 4.88. The summed E-state index contributed by atoms with van der Waals surface area (Å²) in [6, 6.07) is 5.71. The van der Waals surface area contributed by atoms with Gasteiger partial charge in [0, 0.05) is 12.0 Å². The van der Waals surface area contributed by atoms with E-state index in [1.807, 2.05) is 32.9 Å². The molecule has 1 saturated carbocycles. The van der Waals surface area contributed by atoms with Gasteiger partial charge >= 0.3 is 5.63 Å². The second-order valence-electron chi connectivity index (χ2n) is 6.81. The van der Waals surface area contributed by atoms with Gasteiger partial charge in [-0.05, 0) is 50.3 Å². The second kappa shape index (κ2) is 6.23. The Hall–Kier alpha value is -2.03. The van der Waals surface area contributed by atoms with E-state index < -0.39 is 5.63 Å². The second-order valence-corrected chi connectivity index (χ2v) is 6.81. The predicted molar refractivity (Wildman–Crippen MR) is 92.1 cm³/mol. The molecule has 0 saturated heterocycles. The first kappa shape index (κ1) is 15.9. The summed E-state index contributed by atoms with van der Waals surface area (Å²) in [5, 5.41) is 10.5. The molecule has 0 spiro atoms. The van der Waals surface area contributed by atoms with E-state index in [1.54, 1.807) is 6.07 Å². The molecule has 3 nitrogen and oxygen atoms in total. The third-order valence-corrected chi connectivity index (χ3v) is 4.88. The summed E-state index contributed by atoms with van der Waals surface area (Å²) in [5.41, 5.74) is 3.76. The molecule has 1 fully saturated rings. The Labute approximate surface area is 137 Å². The van der Waals surface area contributed by atoms with Gasteiger partial charge in [-0.15, -0.1) is 0 Å². The van der Waals surface area contributed by atoms with Crippen molar-refractivity contribution in [3.05, 3.63) is 51.1 Å². The maximum absolute atomic E-state index is 12.6. The van der Waals surface area contributed by atoms with Crippen LogP contribution in [0.4, 0.5) is 0 Å². The van der Waals surface area contributed by atoms with Gasteiger partial charge in [0.25, 0.3) is 0 Å². The largest absolute Gasteiger partial charge is 0.507 e. The van der Waals surface area contributed by atoms with Gasteiger partial charge in [0.2, 0.25) is 0 Å². The summed E-state index contributed by atoms with van der Waals surface area (Å²) in [6.45, 7) is 5.95. The predicted octanol–water partition coefficient (Wildman–Crippen LogP) is 4.99. The quantitative estimate of drug-likeness (QED) is 0.850. The minimum atomic E-state index is -0.430. The fourth-order valence-electron chi connectivity index (χ4n) is 3.89. The van der Waals surface area contributed by atoms with Crippen molar-refractivity contribution in [3.63, 3.8) is 0 Å². The lowest BCUT2D eigenvalue weighted by atomic mass is 9.87. The smallest absolute Gasteiger partial charge is 0.347 e. The molecule has 23 heavy (non-hydrogen) atoms. The molecule has 0 radical (unpaired) electrons.